The smallest absolute Gasteiger partial charge is 0.315 e. The number of hydrogen-bond acceptors (Lipinski definition) is 3. The molecule has 0 saturated carbocycles. The molecule has 1 aromatic rings. The molecular weight excluding hydrogens is 330 g/mol. The normalized spacial score (nSPS) is 17.4. The Morgan fingerprint density at radius 2 is 2.08 bits per heavy atom. The third kappa shape index (κ3) is 5.69. The van der Waals surface area contributed by atoms with Gasteiger partial charge in [-0.1, -0.05) is 11.6 Å². The minimum absolute atomic E-state index is 0.00652. The molecule has 0 radical (unpaired) electrons. The Morgan fingerprint density at radius 1 is 1.38 bits per heavy atom. The Labute approximate surface area is 147 Å². The molecule has 24 heavy (non-hydrogen) atoms. The average molecular weight is 354 g/mol. The van der Waals surface area contributed by atoms with Gasteiger partial charge in [0.1, 0.15) is 0 Å². The molecule has 1 saturated heterocycles. The number of ether oxygens (including phenoxy) is 1. The molecule has 1 aliphatic rings. The van der Waals surface area contributed by atoms with E-state index < -0.39 is 0 Å². The predicted octanol–water partition coefficient (Wildman–Crippen LogP) is 2.56. The van der Waals surface area contributed by atoms with Crippen molar-refractivity contribution in [2.75, 3.05) is 24.6 Å². The maximum atomic E-state index is 12.1. The maximum Gasteiger partial charge on any atom is 0.315 e. The monoisotopic (exact) mass is 353 g/mol. The number of nitrogens with zero attached hydrogens (tertiary/aromatic N) is 1. The highest BCUT2D eigenvalue weighted by molar-refractivity contribution is 6.30. The first kappa shape index (κ1) is 18.5. The quantitative estimate of drug-likeness (QED) is 0.740. The standard InChI is InChI=1S/C17H24ClN3O3/c1-12(2)24-9-3-8-19-17(23)20-14-10-16(22)21(11-14)15-6-4-13(18)5-7-15/h4-7,12,14H,3,8-11H2,1-2H3,(H2,19,20,23)/t14-/m1/s1. The lowest BCUT2D eigenvalue weighted by Crippen LogP contribution is -2.43. The summed E-state index contributed by atoms with van der Waals surface area (Å²) >= 11 is 5.86. The molecule has 0 aromatic heterocycles. The summed E-state index contributed by atoms with van der Waals surface area (Å²) in [6.07, 6.45) is 1.25. The second-order valence-corrected chi connectivity index (χ2v) is 6.49. The third-order valence-electron chi connectivity index (χ3n) is 3.66. The van der Waals surface area contributed by atoms with Gasteiger partial charge in [0.2, 0.25) is 5.91 Å². The number of anilines is 1. The molecule has 1 atom stereocenters. The van der Waals surface area contributed by atoms with Crippen molar-refractivity contribution in [2.45, 2.75) is 38.8 Å². The van der Waals surface area contributed by atoms with Crippen LogP contribution in [0.5, 0.6) is 0 Å². The lowest BCUT2D eigenvalue weighted by molar-refractivity contribution is -0.117. The van der Waals surface area contributed by atoms with Crippen molar-refractivity contribution in [3.63, 3.8) is 0 Å². The molecule has 132 valence electrons. The Kier molecular flexibility index (Phi) is 6.87. The molecule has 1 aliphatic heterocycles. The molecule has 1 fully saturated rings. The number of carbonyl (C=O) groups excluding carboxylic acids is 2. The van der Waals surface area contributed by atoms with Crippen molar-refractivity contribution in [1.82, 2.24) is 10.6 Å². The first-order valence-corrected chi connectivity index (χ1v) is 8.55. The Hall–Kier alpha value is -1.79. The second-order valence-electron chi connectivity index (χ2n) is 6.06. The second kappa shape index (κ2) is 8.89. The molecule has 2 rings (SSSR count). The fraction of sp³-hybridized carbons (Fsp3) is 0.529. The van der Waals surface area contributed by atoms with Gasteiger partial charge < -0.3 is 20.3 Å². The number of halogens is 1. The van der Waals surface area contributed by atoms with Crippen molar-refractivity contribution >= 4 is 29.2 Å². The van der Waals surface area contributed by atoms with Crippen LogP contribution >= 0.6 is 11.6 Å². The van der Waals surface area contributed by atoms with E-state index in [0.29, 0.717) is 31.1 Å². The van der Waals surface area contributed by atoms with E-state index in [4.69, 9.17) is 16.3 Å². The van der Waals surface area contributed by atoms with Crippen LogP contribution in [0.4, 0.5) is 10.5 Å². The molecular formula is C17H24ClN3O3. The molecule has 1 aromatic carbocycles. The van der Waals surface area contributed by atoms with Crippen LogP contribution in [0.1, 0.15) is 26.7 Å². The largest absolute Gasteiger partial charge is 0.379 e. The van der Waals surface area contributed by atoms with Crippen LogP contribution in [-0.4, -0.2) is 43.8 Å². The Morgan fingerprint density at radius 3 is 2.75 bits per heavy atom. The zero-order chi connectivity index (χ0) is 17.5. The van der Waals surface area contributed by atoms with Crippen molar-refractivity contribution in [1.29, 1.82) is 0 Å². The summed E-state index contributed by atoms with van der Waals surface area (Å²) in [5.41, 5.74) is 0.792. The Bertz CT molecular complexity index is 563. The first-order chi connectivity index (χ1) is 11.5. The van der Waals surface area contributed by atoms with E-state index in [1.54, 1.807) is 29.2 Å². The van der Waals surface area contributed by atoms with Crippen LogP contribution in [-0.2, 0) is 9.53 Å². The van der Waals surface area contributed by atoms with Gasteiger partial charge in [-0.3, -0.25) is 4.79 Å². The summed E-state index contributed by atoms with van der Waals surface area (Å²) in [5.74, 6) is -0.00652. The summed E-state index contributed by atoms with van der Waals surface area (Å²) in [6.45, 7) is 5.57. The summed E-state index contributed by atoms with van der Waals surface area (Å²) in [7, 11) is 0. The van der Waals surface area contributed by atoms with E-state index in [-0.39, 0.29) is 24.1 Å². The molecule has 0 bridgehead atoms. The minimum Gasteiger partial charge on any atom is -0.379 e. The lowest BCUT2D eigenvalue weighted by atomic mass is 10.2. The van der Waals surface area contributed by atoms with Gasteiger partial charge in [0.25, 0.3) is 0 Å². The van der Waals surface area contributed by atoms with Crippen molar-refractivity contribution < 1.29 is 14.3 Å². The Balaban J connectivity index is 1.73. The van der Waals surface area contributed by atoms with Crippen molar-refractivity contribution in [2.24, 2.45) is 0 Å². The molecule has 0 spiro atoms. The van der Waals surface area contributed by atoms with Crippen LogP contribution < -0.4 is 15.5 Å². The van der Waals surface area contributed by atoms with E-state index in [0.717, 1.165) is 12.1 Å². The lowest BCUT2D eigenvalue weighted by Gasteiger charge is -2.17. The number of hydrogen-bond donors (Lipinski definition) is 2. The highest BCUT2D eigenvalue weighted by atomic mass is 35.5. The van der Waals surface area contributed by atoms with E-state index >= 15 is 0 Å². The van der Waals surface area contributed by atoms with Gasteiger partial charge in [0.05, 0.1) is 12.1 Å². The first-order valence-electron chi connectivity index (χ1n) is 8.17. The predicted molar refractivity (Wildman–Crippen MR) is 94.4 cm³/mol. The van der Waals surface area contributed by atoms with Gasteiger partial charge in [-0.25, -0.2) is 4.79 Å². The van der Waals surface area contributed by atoms with Crippen LogP contribution in [0, 0.1) is 0 Å². The van der Waals surface area contributed by atoms with E-state index in [2.05, 4.69) is 10.6 Å². The molecule has 6 nitrogen and oxygen atoms in total. The number of amides is 3. The highest BCUT2D eigenvalue weighted by Crippen LogP contribution is 2.23. The fourth-order valence-electron chi connectivity index (χ4n) is 2.50. The molecule has 0 unspecified atom stereocenters. The summed E-state index contributed by atoms with van der Waals surface area (Å²) in [5, 5.41) is 6.25. The summed E-state index contributed by atoms with van der Waals surface area (Å²) in [4.78, 5) is 25.7. The molecule has 0 aliphatic carbocycles. The SMILES string of the molecule is CC(C)OCCCNC(=O)N[C@@H]1CC(=O)N(c2ccc(Cl)cc2)C1. The molecule has 3 amide bonds. The third-order valence-corrected chi connectivity index (χ3v) is 3.91. The molecule has 7 heteroatoms. The molecule has 2 N–H and O–H groups in total. The van der Waals surface area contributed by atoms with Crippen molar-refractivity contribution in [3.05, 3.63) is 29.3 Å². The van der Waals surface area contributed by atoms with Gasteiger partial charge in [0.15, 0.2) is 0 Å². The number of carbonyl (C=O) groups is 2. The van der Waals surface area contributed by atoms with Gasteiger partial charge in [0, 0.05) is 36.8 Å². The highest BCUT2D eigenvalue weighted by Gasteiger charge is 2.31. The van der Waals surface area contributed by atoms with Gasteiger partial charge >= 0.3 is 6.03 Å². The number of nitrogens with one attached hydrogen (secondary N) is 2. The van der Waals surface area contributed by atoms with Crippen molar-refractivity contribution in [3.8, 4) is 0 Å². The number of benzene rings is 1. The fourth-order valence-corrected chi connectivity index (χ4v) is 2.63. The summed E-state index contributed by atoms with van der Waals surface area (Å²) in [6, 6.07) is 6.65. The van der Waals surface area contributed by atoms with Crippen LogP contribution in [0.2, 0.25) is 5.02 Å². The zero-order valence-electron chi connectivity index (χ0n) is 14.0. The minimum atomic E-state index is -0.254. The number of urea groups is 1. The topological polar surface area (TPSA) is 70.7 Å². The van der Waals surface area contributed by atoms with Gasteiger partial charge in [-0.05, 0) is 44.5 Å². The van der Waals surface area contributed by atoms with E-state index in [1.807, 2.05) is 13.8 Å². The van der Waals surface area contributed by atoms with E-state index in [1.165, 1.54) is 0 Å². The van der Waals surface area contributed by atoms with Gasteiger partial charge in [-0.15, -0.1) is 0 Å². The van der Waals surface area contributed by atoms with E-state index in [9.17, 15) is 9.59 Å². The van der Waals surface area contributed by atoms with Crippen LogP contribution in [0.3, 0.4) is 0 Å². The van der Waals surface area contributed by atoms with Crippen LogP contribution in [0.15, 0.2) is 24.3 Å². The van der Waals surface area contributed by atoms with Gasteiger partial charge in [-0.2, -0.15) is 0 Å². The summed E-state index contributed by atoms with van der Waals surface area (Å²) < 4.78 is 5.41. The maximum absolute atomic E-state index is 12.1. The number of rotatable bonds is 7. The molecule has 1 heterocycles. The zero-order valence-corrected chi connectivity index (χ0v) is 14.8. The average Bonchev–Trinajstić information content (AvgIpc) is 2.88. The van der Waals surface area contributed by atoms with Crippen LogP contribution in [0.25, 0.3) is 0 Å².